The van der Waals surface area contributed by atoms with E-state index in [-0.39, 0.29) is 11.6 Å². The van der Waals surface area contributed by atoms with Gasteiger partial charge in [-0.05, 0) is 51.0 Å². The number of rotatable bonds is 5. The minimum absolute atomic E-state index is 0.227. The summed E-state index contributed by atoms with van der Waals surface area (Å²) in [4.78, 5) is 16.0. The van der Waals surface area contributed by atoms with Gasteiger partial charge in [-0.25, -0.2) is 0 Å². The highest BCUT2D eigenvalue weighted by Crippen LogP contribution is 2.39. The van der Waals surface area contributed by atoms with Crippen LogP contribution in [0.25, 0.3) is 0 Å². The number of aliphatic imine (C=N–C) groups is 1. The van der Waals surface area contributed by atoms with Crippen LogP contribution in [0.5, 0.6) is 5.88 Å². The average molecular weight is 476 g/mol. The van der Waals surface area contributed by atoms with E-state index in [4.69, 9.17) is 9.72 Å². The Balaban J connectivity index is 1.66. The van der Waals surface area contributed by atoms with Gasteiger partial charge in [0.1, 0.15) is 18.2 Å². The fourth-order valence-electron chi connectivity index (χ4n) is 4.85. The Morgan fingerprint density at radius 3 is 2.38 bits per heavy atom. The van der Waals surface area contributed by atoms with E-state index in [0.29, 0.717) is 30.0 Å². The number of alkyl halides is 3. The molecule has 1 aromatic carbocycles. The molecule has 0 saturated carbocycles. The van der Waals surface area contributed by atoms with Crippen molar-refractivity contribution in [2.45, 2.75) is 46.0 Å². The predicted molar refractivity (Wildman–Crippen MR) is 129 cm³/mol. The van der Waals surface area contributed by atoms with Gasteiger partial charge in [-0.2, -0.15) is 18.2 Å². The number of benzene rings is 1. The van der Waals surface area contributed by atoms with Crippen molar-refractivity contribution in [3.05, 3.63) is 46.5 Å². The summed E-state index contributed by atoms with van der Waals surface area (Å²) in [5, 5.41) is 0. The van der Waals surface area contributed by atoms with Crippen LogP contribution in [0.2, 0.25) is 0 Å². The Morgan fingerprint density at radius 1 is 1.06 bits per heavy atom. The van der Waals surface area contributed by atoms with Crippen molar-refractivity contribution < 1.29 is 17.9 Å². The topological polar surface area (TPSA) is 44.2 Å². The Bertz CT molecular complexity index is 1060. The Labute approximate surface area is 199 Å². The minimum Gasteiger partial charge on any atom is -0.479 e. The average Bonchev–Trinajstić information content (AvgIpc) is 2.81. The van der Waals surface area contributed by atoms with Crippen LogP contribution >= 0.6 is 0 Å². The number of halogens is 3. The van der Waals surface area contributed by atoms with Gasteiger partial charge in [0.05, 0.1) is 18.7 Å². The molecule has 0 N–H and O–H groups in total. The first-order valence-corrected chi connectivity index (χ1v) is 11.6. The van der Waals surface area contributed by atoms with Crippen LogP contribution in [-0.2, 0) is 6.18 Å². The van der Waals surface area contributed by atoms with Crippen LogP contribution in [-0.4, -0.2) is 62.1 Å². The molecule has 9 heteroatoms. The summed E-state index contributed by atoms with van der Waals surface area (Å²) in [6.45, 7) is 11.8. The molecule has 1 fully saturated rings. The number of nitrogens with zero attached hydrogens (tertiary/aromatic N) is 5. The number of hydrogen-bond donors (Lipinski definition) is 0. The van der Waals surface area contributed by atoms with E-state index in [0.717, 1.165) is 43.5 Å². The summed E-state index contributed by atoms with van der Waals surface area (Å²) in [6, 6.07) is 6.52. The molecule has 0 radical (unpaired) electrons. The van der Waals surface area contributed by atoms with Crippen molar-refractivity contribution in [2.24, 2.45) is 4.99 Å². The molecule has 0 amide bonds. The van der Waals surface area contributed by atoms with E-state index < -0.39 is 11.7 Å². The summed E-state index contributed by atoms with van der Waals surface area (Å²) < 4.78 is 46.1. The van der Waals surface area contributed by atoms with E-state index in [1.807, 2.05) is 17.9 Å². The first kappa shape index (κ1) is 24.3. The van der Waals surface area contributed by atoms with E-state index in [2.05, 4.69) is 28.6 Å². The maximum absolute atomic E-state index is 13.5. The molecule has 0 spiro atoms. The van der Waals surface area contributed by atoms with E-state index >= 15 is 0 Å². The van der Waals surface area contributed by atoms with Crippen LogP contribution in [0.4, 0.5) is 24.7 Å². The van der Waals surface area contributed by atoms with Gasteiger partial charge in [-0.15, -0.1) is 0 Å². The second-order valence-electron chi connectivity index (χ2n) is 9.16. The quantitative estimate of drug-likeness (QED) is 0.615. The van der Waals surface area contributed by atoms with Gasteiger partial charge in [0.15, 0.2) is 0 Å². The van der Waals surface area contributed by atoms with Crippen LogP contribution in [0, 0.1) is 6.92 Å². The monoisotopic (exact) mass is 475 g/mol. The van der Waals surface area contributed by atoms with Crippen LogP contribution < -0.4 is 14.5 Å². The van der Waals surface area contributed by atoms with E-state index in [1.54, 1.807) is 19.4 Å². The fourth-order valence-corrected chi connectivity index (χ4v) is 4.85. The van der Waals surface area contributed by atoms with Crippen molar-refractivity contribution in [3.8, 4) is 5.88 Å². The largest absolute Gasteiger partial charge is 0.479 e. The van der Waals surface area contributed by atoms with Crippen LogP contribution in [0.3, 0.4) is 0 Å². The number of piperazine rings is 1. The zero-order chi connectivity index (χ0) is 24.6. The van der Waals surface area contributed by atoms with Gasteiger partial charge >= 0.3 is 6.18 Å². The minimum atomic E-state index is -4.40. The summed E-state index contributed by atoms with van der Waals surface area (Å²) in [7, 11) is 1.60. The van der Waals surface area contributed by atoms with Crippen LogP contribution in [0.15, 0.2) is 29.3 Å². The second-order valence-corrected chi connectivity index (χ2v) is 9.16. The molecule has 1 atom stereocenters. The predicted octanol–water partition coefficient (Wildman–Crippen LogP) is 4.91. The number of pyridine rings is 1. The Hall–Kier alpha value is -2.81. The van der Waals surface area contributed by atoms with Crippen molar-refractivity contribution in [3.63, 3.8) is 0 Å². The van der Waals surface area contributed by atoms with Gasteiger partial charge < -0.3 is 14.5 Å². The SMILES string of the molecule is COc1nc2c(cc1N1CCN(C(C)C)CC1)C=NCN2[C@H](C)c1cccc(C(F)(F)F)c1C. The standard InChI is InChI=1S/C25H32F3N5O/c1-16(2)31-9-11-32(12-10-31)22-13-19-14-29-15-33(23(19)30-24(22)34-5)18(4)20-7-6-8-21(17(20)3)25(26,27)28/h6-8,13-14,16,18H,9-12,15H2,1-5H3/t18-/m1/s1. The molecule has 1 aromatic heterocycles. The van der Waals surface area contributed by atoms with Crippen molar-refractivity contribution in [1.82, 2.24) is 9.88 Å². The summed E-state index contributed by atoms with van der Waals surface area (Å²) in [5.74, 6) is 1.19. The third-order valence-corrected chi connectivity index (χ3v) is 6.89. The lowest BCUT2D eigenvalue weighted by atomic mass is 9.96. The molecule has 0 unspecified atom stereocenters. The van der Waals surface area contributed by atoms with Crippen molar-refractivity contribution in [2.75, 3.05) is 49.8 Å². The molecule has 34 heavy (non-hydrogen) atoms. The summed E-state index contributed by atoms with van der Waals surface area (Å²) >= 11 is 0. The highest BCUT2D eigenvalue weighted by Gasteiger charge is 2.35. The van der Waals surface area contributed by atoms with Gasteiger partial charge in [0.2, 0.25) is 5.88 Å². The fraction of sp³-hybridized carbons (Fsp3) is 0.520. The maximum Gasteiger partial charge on any atom is 0.416 e. The lowest BCUT2D eigenvalue weighted by Crippen LogP contribution is -2.49. The molecule has 0 aliphatic carbocycles. The number of aromatic nitrogens is 1. The molecule has 6 nitrogen and oxygen atoms in total. The van der Waals surface area contributed by atoms with E-state index in [1.165, 1.54) is 13.0 Å². The van der Waals surface area contributed by atoms with Crippen molar-refractivity contribution >= 4 is 17.7 Å². The molecule has 2 aliphatic rings. The highest BCUT2D eigenvalue weighted by molar-refractivity contribution is 5.91. The third-order valence-electron chi connectivity index (χ3n) is 6.89. The third kappa shape index (κ3) is 4.58. The smallest absolute Gasteiger partial charge is 0.416 e. The zero-order valence-electron chi connectivity index (χ0n) is 20.4. The molecule has 0 bridgehead atoms. The number of fused-ring (bicyclic) bond motifs is 1. The molecule has 184 valence electrons. The van der Waals surface area contributed by atoms with Gasteiger partial charge in [-0.3, -0.25) is 9.89 Å². The maximum atomic E-state index is 13.5. The molecule has 1 saturated heterocycles. The van der Waals surface area contributed by atoms with E-state index in [9.17, 15) is 13.2 Å². The number of methoxy groups -OCH3 is 1. The Morgan fingerprint density at radius 2 is 1.76 bits per heavy atom. The van der Waals surface area contributed by atoms with Gasteiger partial charge in [-0.1, -0.05) is 12.1 Å². The number of ether oxygens (including phenoxy) is 1. The lowest BCUT2D eigenvalue weighted by molar-refractivity contribution is -0.138. The molecular formula is C25H32F3N5O. The molecule has 2 aliphatic heterocycles. The highest BCUT2D eigenvalue weighted by atomic mass is 19.4. The lowest BCUT2D eigenvalue weighted by Gasteiger charge is -2.39. The first-order valence-electron chi connectivity index (χ1n) is 11.6. The molecule has 4 rings (SSSR count). The number of hydrogen-bond acceptors (Lipinski definition) is 6. The molecule has 2 aromatic rings. The first-order chi connectivity index (χ1) is 16.1. The van der Waals surface area contributed by atoms with Crippen LogP contribution in [0.1, 0.15) is 49.1 Å². The normalized spacial score (nSPS) is 17.8. The zero-order valence-corrected chi connectivity index (χ0v) is 20.4. The molecular weight excluding hydrogens is 443 g/mol. The van der Waals surface area contributed by atoms with Crippen molar-refractivity contribution in [1.29, 1.82) is 0 Å². The number of anilines is 2. The van der Waals surface area contributed by atoms with Gasteiger partial charge in [0, 0.05) is 44.0 Å². The summed E-state index contributed by atoms with van der Waals surface area (Å²) in [6.07, 6.45) is -2.61. The van der Waals surface area contributed by atoms with Gasteiger partial charge in [0.25, 0.3) is 0 Å². The molecule has 3 heterocycles. The summed E-state index contributed by atoms with van der Waals surface area (Å²) in [5.41, 5.74) is 1.97. The Kier molecular flexibility index (Phi) is 6.75. The second kappa shape index (κ2) is 9.44.